The van der Waals surface area contributed by atoms with Gasteiger partial charge in [0, 0.05) is 32.1 Å². The molecule has 0 aromatic carbocycles. The maximum atomic E-state index is 5.34. The van der Waals surface area contributed by atoms with Crippen molar-refractivity contribution in [2.75, 3.05) is 26.2 Å². The first-order valence-electron chi connectivity index (χ1n) is 8.73. The summed E-state index contributed by atoms with van der Waals surface area (Å²) in [5, 5.41) is 16.2. The highest BCUT2D eigenvalue weighted by molar-refractivity contribution is 4.93. The molecule has 2 aromatic rings. The van der Waals surface area contributed by atoms with E-state index in [2.05, 4.69) is 49.3 Å². The summed E-state index contributed by atoms with van der Waals surface area (Å²) in [7, 11) is 0. The Bertz CT molecular complexity index is 669. The number of hydrogen-bond acceptors (Lipinski definition) is 8. The summed E-state index contributed by atoms with van der Waals surface area (Å²) in [5.74, 6) is 2.79. The molecule has 3 heterocycles. The third kappa shape index (κ3) is 3.46. The normalized spacial score (nSPS) is 20.1. The molecule has 0 atom stereocenters. The van der Waals surface area contributed by atoms with E-state index in [9.17, 15) is 0 Å². The van der Waals surface area contributed by atoms with Crippen molar-refractivity contribution < 1.29 is 4.52 Å². The Morgan fingerprint density at radius 1 is 1.08 bits per heavy atom. The molecule has 1 aliphatic heterocycles. The van der Waals surface area contributed by atoms with Gasteiger partial charge in [-0.25, -0.2) is 4.68 Å². The summed E-state index contributed by atoms with van der Waals surface area (Å²) < 4.78 is 7.34. The van der Waals surface area contributed by atoms with E-state index < -0.39 is 0 Å². The van der Waals surface area contributed by atoms with Crippen LogP contribution < -0.4 is 0 Å². The van der Waals surface area contributed by atoms with Gasteiger partial charge in [-0.15, -0.1) is 5.10 Å². The summed E-state index contributed by atoms with van der Waals surface area (Å²) in [5.41, 5.74) is 0. The van der Waals surface area contributed by atoms with Gasteiger partial charge >= 0.3 is 0 Å². The molecule has 0 spiro atoms. The quantitative estimate of drug-likeness (QED) is 0.768. The average molecular weight is 332 g/mol. The molecule has 24 heavy (non-hydrogen) atoms. The second-order valence-corrected chi connectivity index (χ2v) is 7.02. The molecular formula is C15H24N8O. The van der Waals surface area contributed by atoms with Crippen molar-refractivity contribution in [2.45, 2.75) is 51.7 Å². The Hall–Kier alpha value is -1.87. The van der Waals surface area contributed by atoms with Gasteiger partial charge in [0.2, 0.25) is 5.89 Å². The van der Waals surface area contributed by atoms with Gasteiger partial charge in [0.05, 0.1) is 19.1 Å². The summed E-state index contributed by atoms with van der Waals surface area (Å²) in [6.45, 7) is 9.69. The SMILES string of the molecule is CC(C)c1noc(CN2CCN(Cc3nnnn3C3CC3)CC2)n1. The van der Waals surface area contributed by atoms with E-state index in [1.54, 1.807) is 0 Å². The predicted molar refractivity (Wildman–Crippen MR) is 85.0 cm³/mol. The van der Waals surface area contributed by atoms with Crippen molar-refractivity contribution in [2.24, 2.45) is 0 Å². The number of hydrogen-bond donors (Lipinski definition) is 0. The zero-order valence-electron chi connectivity index (χ0n) is 14.3. The van der Waals surface area contributed by atoms with Crippen LogP contribution in [0.2, 0.25) is 0 Å². The molecule has 9 heteroatoms. The molecule has 0 N–H and O–H groups in total. The number of rotatable bonds is 6. The zero-order chi connectivity index (χ0) is 16.5. The molecule has 0 bridgehead atoms. The van der Waals surface area contributed by atoms with E-state index in [0.29, 0.717) is 17.9 Å². The molecule has 2 aliphatic rings. The lowest BCUT2D eigenvalue weighted by atomic mass is 10.2. The van der Waals surface area contributed by atoms with Crippen LogP contribution in [0.3, 0.4) is 0 Å². The minimum atomic E-state index is 0.303. The standard InChI is InChI=1S/C15H24N8O/c1-11(2)15-16-14(24-18-15)10-22-7-5-21(6-8-22)9-13-17-19-20-23(13)12-3-4-12/h11-12H,3-10H2,1-2H3. The van der Waals surface area contributed by atoms with Gasteiger partial charge in [-0.05, 0) is 23.3 Å². The first-order chi connectivity index (χ1) is 11.7. The second kappa shape index (κ2) is 6.56. The van der Waals surface area contributed by atoms with Crippen LogP contribution in [0.15, 0.2) is 4.52 Å². The molecule has 0 amide bonds. The van der Waals surface area contributed by atoms with Crippen molar-refractivity contribution in [1.29, 1.82) is 0 Å². The van der Waals surface area contributed by atoms with E-state index in [1.807, 2.05) is 4.68 Å². The maximum Gasteiger partial charge on any atom is 0.240 e. The van der Waals surface area contributed by atoms with E-state index in [1.165, 1.54) is 12.8 Å². The Morgan fingerprint density at radius 2 is 1.79 bits per heavy atom. The summed E-state index contributed by atoms with van der Waals surface area (Å²) in [6, 6.07) is 0.531. The molecule has 1 saturated heterocycles. The number of tetrazole rings is 1. The molecule has 2 aromatic heterocycles. The van der Waals surface area contributed by atoms with Crippen molar-refractivity contribution >= 4 is 0 Å². The summed E-state index contributed by atoms with van der Waals surface area (Å²) in [4.78, 5) is 9.23. The van der Waals surface area contributed by atoms with Crippen molar-refractivity contribution in [3.8, 4) is 0 Å². The first kappa shape index (κ1) is 15.6. The number of aromatic nitrogens is 6. The fourth-order valence-corrected chi connectivity index (χ4v) is 2.98. The van der Waals surface area contributed by atoms with Crippen LogP contribution in [-0.2, 0) is 13.1 Å². The Labute approximate surface area is 141 Å². The fraction of sp³-hybridized carbons (Fsp3) is 0.800. The lowest BCUT2D eigenvalue weighted by molar-refractivity contribution is 0.109. The third-order valence-electron chi connectivity index (χ3n) is 4.64. The highest BCUT2D eigenvalue weighted by Gasteiger charge is 2.29. The second-order valence-electron chi connectivity index (χ2n) is 7.02. The van der Waals surface area contributed by atoms with Crippen LogP contribution in [-0.4, -0.2) is 66.3 Å². The van der Waals surface area contributed by atoms with Crippen molar-refractivity contribution in [1.82, 2.24) is 40.1 Å². The van der Waals surface area contributed by atoms with E-state index in [0.717, 1.165) is 50.9 Å². The lowest BCUT2D eigenvalue weighted by Gasteiger charge is -2.33. The Balaban J connectivity index is 1.27. The van der Waals surface area contributed by atoms with Crippen LogP contribution >= 0.6 is 0 Å². The Morgan fingerprint density at radius 3 is 2.42 bits per heavy atom. The molecule has 130 valence electrons. The largest absolute Gasteiger partial charge is 0.338 e. The van der Waals surface area contributed by atoms with Gasteiger partial charge in [-0.3, -0.25) is 9.80 Å². The van der Waals surface area contributed by atoms with Crippen molar-refractivity contribution in [3.63, 3.8) is 0 Å². The monoisotopic (exact) mass is 332 g/mol. The van der Waals surface area contributed by atoms with Gasteiger partial charge in [0.25, 0.3) is 0 Å². The van der Waals surface area contributed by atoms with E-state index in [4.69, 9.17) is 4.52 Å². The van der Waals surface area contributed by atoms with E-state index in [-0.39, 0.29) is 0 Å². The van der Waals surface area contributed by atoms with Gasteiger partial charge < -0.3 is 4.52 Å². The minimum Gasteiger partial charge on any atom is -0.338 e. The molecule has 9 nitrogen and oxygen atoms in total. The summed E-state index contributed by atoms with van der Waals surface area (Å²) >= 11 is 0. The van der Waals surface area contributed by atoms with Crippen molar-refractivity contribution in [3.05, 3.63) is 17.5 Å². The number of piperazine rings is 1. The highest BCUT2D eigenvalue weighted by Crippen LogP contribution is 2.34. The molecule has 1 saturated carbocycles. The topological polar surface area (TPSA) is 89.0 Å². The molecule has 0 radical (unpaired) electrons. The van der Waals surface area contributed by atoms with Gasteiger partial charge in [-0.1, -0.05) is 19.0 Å². The third-order valence-corrected chi connectivity index (χ3v) is 4.64. The van der Waals surface area contributed by atoms with Crippen LogP contribution in [0.4, 0.5) is 0 Å². The zero-order valence-corrected chi connectivity index (χ0v) is 14.3. The maximum absolute atomic E-state index is 5.34. The lowest BCUT2D eigenvalue weighted by Crippen LogP contribution is -2.45. The molecule has 2 fully saturated rings. The first-order valence-corrected chi connectivity index (χ1v) is 8.73. The average Bonchev–Trinajstić information content (AvgIpc) is 3.12. The van der Waals surface area contributed by atoms with Gasteiger partial charge in [0.15, 0.2) is 11.6 Å². The van der Waals surface area contributed by atoms with Crippen LogP contribution in [0.5, 0.6) is 0 Å². The minimum absolute atomic E-state index is 0.303. The Kier molecular flexibility index (Phi) is 4.28. The molecule has 4 rings (SSSR count). The van der Waals surface area contributed by atoms with E-state index >= 15 is 0 Å². The highest BCUT2D eigenvalue weighted by atomic mass is 16.5. The predicted octanol–water partition coefficient (Wildman–Crippen LogP) is 0.832. The van der Waals surface area contributed by atoms with Gasteiger partial charge in [-0.2, -0.15) is 4.98 Å². The number of nitrogens with zero attached hydrogens (tertiary/aromatic N) is 8. The fourth-order valence-electron chi connectivity index (χ4n) is 2.98. The van der Waals surface area contributed by atoms with Crippen LogP contribution in [0, 0.1) is 0 Å². The molecule has 1 aliphatic carbocycles. The van der Waals surface area contributed by atoms with Crippen LogP contribution in [0.25, 0.3) is 0 Å². The van der Waals surface area contributed by atoms with Gasteiger partial charge in [0.1, 0.15) is 0 Å². The smallest absolute Gasteiger partial charge is 0.240 e. The molecular weight excluding hydrogens is 308 g/mol. The van der Waals surface area contributed by atoms with Crippen LogP contribution in [0.1, 0.15) is 56.2 Å². The summed E-state index contributed by atoms with van der Waals surface area (Å²) in [6.07, 6.45) is 2.41. The molecule has 0 unspecified atom stereocenters.